The largest absolute Gasteiger partial charge is 0.486 e. The van der Waals surface area contributed by atoms with Gasteiger partial charge in [-0.1, -0.05) is 36.6 Å². The number of rotatable bonds is 2. The van der Waals surface area contributed by atoms with Crippen molar-refractivity contribution in [2.75, 3.05) is 0 Å². The van der Waals surface area contributed by atoms with Crippen molar-refractivity contribution >= 4 is 11.6 Å². The Morgan fingerprint density at radius 1 is 1.12 bits per heavy atom. The molecular formula is C13H17ClO2. The standard InChI is InChI=1S/C13H17ClO2/c14-10-6-4-5-8-12(10)16-13-9-3-1-2-7-11(13)15/h4-6,8,11,13,15H,1-3,7,9H2. The third kappa shape index (κ3) is 2.89. The molecule has 0 bridgehead atoms. The van der Waals surface area contributed by atoms with Crippen LogP contribution in [0, 0.1) is 0 Å². The normalized spacial score (nSPS) is 26.1. The molecule has 3 heteroatoms. The molecule has 0 aliphatic heterocycles. The highest BCUT2D eigenvalue weighted by Gasteiger charge is 2.23. The molecule has 1 aliphatic rings. The van der Waals surface area contributed by atoms with Gasteiger partial charge >= 0.3 is 0 Å². The Labute approximate surface area is 101 Å². The maximum atomic E-state index is 9.93. The molecule has 0 spiro atoms. The molecule has 1 aromatic rings. The SMILES string of the molecule is OC1CCCCCC1Oc1ccccc1Cl. The summed E-state index contributed by atoms with van der Waals surface area (Å²) >= 11 is 6.03. The first-order chi connectivity index (χ1) is 7.77. The van der Waals surface area contributed by atoms with Gasteiger partial charge in [0, 0.05) is 0 Å². The van der Waals surface area contributed by atoms with Crippen LogP contribution >= 0.6 is 11.6 Å². The molecule has 0 radical (unpaired) electrons. The average Bonchev–Trinajstić information content (AvgIpc) is 2.48. The Balaban J connectivity index is 2.05. The number of benzene rings is 1. The van der Waals surface area contributed by atoms with E-state index >= 15 is 0 Å². The summed E-state index contributed by atoms with van der Waals surface area (Å²) in [7, 11) is 0. The van der Waals surface area contributed by atoms with Crippen LogP contribution in [0.4, 0.5) is 0 Å². The van der Waals surface area contributed by atoms with Crippen LogP contribution in [0.15, 0.2) is 24.3 Å². The zero-order chi connectivity index (χ0) is 11.4. The highest BCUT2D eigenvalue weighted by molar-refractivity contribution is 6.32. The number of aliphatic hydroxyl groups is 1. The average molecular weight is 241 g/mol. The van der Waals surface area contributed by atoms with Gasteiger partial charge in [-0.15, -0.1) is 0 Å². The van der Waals surface area contributed by atoms with Crippen molar-refractivity contribution in [3.63, 3.8) is 0 Å². The number of para-hydroxylation sites is 1. The monoisotopic (exact) mass is 240 g/mol. The molecule has 1 aliphatic carbocycles. The van der Waals surface area contributed by atoms with Crippen LogP contribution < -0.4 is 4.74 Å². The van der Waals surface area contributed by atoms with Gasteiger partial charge in [0.1, 0.15) is 11.9 Å². The van der Waals surface area contributed by atoms with Gasteiger partial charge < -0.3 is 9.84 Å². The smallest absolute Gasteiger partial charge is 0.138 e. The van der Waals surface area contributed by atoms with Crippen LogP contribution in [0.25, 0.3) is 0 Å². The second-order valence-corrected chi connectivity index (χ2v) is 4.70. The molecule has 0 aromatic heterocycles. The number of ether oxygens (including phenoxy) is 1. The van der Waals surface area contributed by atoms with E-state index in [4.69, 9.17) is 16.3 Å². The van der Waals surface area contributed by atoms with E-state index in [0.717, 1.165) is 25.7 Å². The third-order valence-electron chi connectivity index (χ3n) is 3.03. The first-order valence-electron chi connectivity index (χ1n) is 5.86. The van der Waals surface area contributed by atoms with Gasteiger partial charge in [0.25, 0.3) is 0 Å². The van der Waals surface area contributed by atoms with Crippen LogP contribution in [0.5, 0.6) is 5.75 Å². The first kappa shape index (κ1) is 11.7. The fraction of sp³-hybridized carbons (Fsp3) is 0.538. The zero-order valence-electron chi connectivity index (χ0n) is 9.23. The van der Waals surface area contributed by atoms with Crippen molar-refractivity contribution in [2.45, 2.75) is 44.3 Å². The molecular weight excluding hydrogens is 224 g/mol. The summed E-state index contributed by atoms with van der Waals surface area (Å²) in [6.45, 7) is 0. The maximum Gasteiger partial charge on any atom is 0.138 e. The second kappa shape index (κ2) is 5.55. The Morgan fingerprint density at radius 2 is 1.88 bits per heavy atom. The molecule has 16 heavy (non-hydrogen) atoms. The Morgan fingerprint density at radius 3 is 2.69 bits per heavy atom. The highest BCUT2D eigenvalue weighted by atomic mass is 35.5. The van der Waals surface area contributed by atoms with E-state index in [1.807, 2.05) is 18.2 Å². The first-order valence-corrected chi connectivity index (χ1v) is 6.24. The summed E-state index contributed by atoms with van der Waals surface area (Å²) in [4.78, 5) is 0. The van der Waals surface area contributed by atoms with Crippen molar-refractivity contribution in [3.8, 4) is 5.75 Å². The lowest BCUT2D eigenvalue weighted by atomic mass is 10.1. The van der Waals surface area contributed by atoms with E-state index in [0.29, 0.717) is 10.8 Å². The fourth-order valence-electron chi connectivity index (χ4n) is 2.09. The van der Waals surface area contributed by atoms with Gasteiger partial charge in [-0.2, -0.15) is 0 Å². The van der Waals surface area contributed by atoms with E-state index in [1.165, 1.54) is 6.42 Å². The molecule has 0 saturated heterocycles. The van der Waals surface area contributed by atoms with E-state index in [-0.39, 0.29) is 12.2 Å². The van der Waals surface area contributed by atoms with E-state index in [2.05, 4.69) is 0 Å². The molecule has 2 unspecified atom stereocenters. The van der Waals surface area contributed by atoms with Crippen molar-refractivity contribution in [1.29, 1.82) is 0 Å². The molecule has 1 N–H and O–H groups in total. The molecule has 88 valence electrons. The maximum absolute atomic E-state index is 9.93. The second-order valence-electron chi connectivity index (χ2n) is 4.29. The Bertz CT molecular complexity index is 340. The van der Waals surface area contributed by atoms with Crippen LogP contribution in [-0.2, 0) is 0 Å². The van der Waals surface area contributed by atoms with Crippen molar-refractivity contribution in [2.24, 2.45) is 0 Å². The van der Waals surface area contributed by atoms with Crippen LogP contribution in [-0.4, -0.2) is 17.3 Å². The molecule has 1 aromatic carbocycles. The summed E-state index contributed by atoms with van der Waals surface area (Å²) in [5, 5.41) is 10.5. The van der Waals surface area contributed by atoms with Crippen molar-refractivity contribution in [1.82, 2.24) is 0 Å². The minimum Gasteiger partial charge on any atom is -0.486 e. The summed E-state index contributed by atoms with van der Waals surface area (Å²) in [6, 6.07) is 7.42. The predicted molar refractivity (Wildman–Crippen MR) is 65.0 cm³/mol. The molecule has 0 heterocycles. The van der Waals surface area contributed by atoms with Gasteiger partial charge in [0.15, 0.2) is 0 Å². The van der Waals surface area contributed by atoms with Gasteiger partial charge in [-0.05, 0) is 31.4 Å². The molecule has 2 rings (SSSR count). The quantitative estimate of drug-likeness (QED) is 0.803. The summed E-state index contributed by atoms with van der Waals surface area (Å²) < 4.78 is 5.80. The van der Waals surface area contributed by atoms with Gasteiger partial charge in [-0.3, -0.25) is 0 Å². The van der Waals surface area contributed by atoms with Gasteiger partial charge in [-0.25, -0.2) is 0 Å². The summed E-state index contributed by atoms with van der Waals surface area (Å²) in [6.07, 6.45) is 4.65. The van der Waals surface area contributed by atoms with Crippen LogP contribution in [0.2, 0.25) is 5.02 Å². The zero-order valence-corrected chi connectivity index (χ0v) is 9.99. The lowest BCUT2D eigenvalue weighted by Gasteiger charge is -2.22. The van der Waals surface area contributed by atoms with E-state index in [9.17, 15) is 5.11 Å². The lowest BCUT2D eigenvalue weighted by Crippen LogP contribution is -2.30. The van der Waals surface area contributed by atoms with Crippen molar-refractivity contribution < 1.29 is 9.84 Å². The molecule has 1 fully saturated rings. The van der Waals surface area contributed by atoms with E-state index in [1.54, 1.807) is 6.07 Å². The minimum atomic E-state index is -0.362. The summed E-state index contributed by atoms with van der Waals surface area (Å²) in [5.41, 5.74) is 0. The van der Waals surface area contributed by atoms with Gasteiger partial charge in [0.2, 0.25) is 0 Å². The van der Waals surface area contributed by atoms with Crippen molar-refractivity contribution in [3.05, 3.63) is 29.3 Å². The number of halogens is 1. The molecule has 2 atom stereocenters. The number of aliphatic hydroxyl groups excluding tert-OH is 1. The van der Waals surface area contributed by atoms with Crippen LogP contribution in [0.3, 0.4) is 0 Å². The number of hydrogen-bond donors (Lipinski definition) is 1. The van der Waals surface area contributed by atoms with Crippen LogP contribution in [0.1, 0.15) is 32.1 Å². The van der Waals surface area contributed by atoms with Gasteiger partial charge in [0.05, 0.1) is 11.1 Å². The predicted octanol–water partition coefficient (Wildman–Crippen LogP) is 3.41. The molecule has 0 amide bonds. The lowest BCUT2D eigenvalue weighted by molar-refractivity contribution is 0.0320. The Kier molecular flexibility index (Phi) is 4.08. The minimum absolute atomic E-state index is 0.109. The molecule has 1 saturated carbocycles. The fourth-order valence-corrected chi connectivity index (χ4v) is 2.28. The molecule has 2 nitrogen and oxygen atoms in total. The Hall–Kier alpha value is -0.730. The highest BCUT2D eigenvalue weighted by Crippen LogP contribution is 2.28. The number of hydrogen-bond acceptors (Lipinski definition) is 2. The summed E-state index contributed by atoms with van der Waals surface area (Å²) in [5.74, 6) is 0.676. The third-order valence-corrected chi connectivity index (χ3v) is 3.34. The topological polar surface area (TPSA) is 29.5 Å². The van der Waals surface area contributed by atoms with E-state index < -0.39 is 0 Å².